The molecule has 1 aliphatic heterocycles. The predicted molar refractivity (Wildman–Crippen MR) is 156 cm³/mol. The minimum atomic E-state index is -3.47. The molecule has 2 aliphatic carbocycles. The van der Waals surface area contributed by atoms with E-state index in [1.807, 2.05) is 29.2 Å². The SMILES string of the molecule is O=S(=O)(C1CC1)n1cc(-c2nccc(Nc3cc(NC4CCC(CO)CC4)c(-c4ccn(C5COC5)n4)cn3)n2)cn1. The quantitative estimate of drug-likeness (QED) is 0.248. The van der Waals surface area contributed by atoms with Gasteiger partial charge in [0.25, 0.3) is 10.0 Å². The lowest BCUT2D eigenvalue weighted by Crippen LogP contribution is -2.30. The zero-order chi connectivity index (χ0) is 28.7. The van der Waals surface area contributed by atoms with Gasteiger partial charge in [-0.25, -0.2) is 23.4 Å². The van der Waals surface area contributed by atoms with Crippen LogP contribution in [0.4, 0.5) is 17.3 Å². The maximum atomic E-state index is 12.5. The second-order valence-corrected chi connectivity index (χ2v) is 13.3. The van der Waals surface area contributed by atoms with Crippen LogP contribution in [0.3, 0.4) is 0 Å². The minimum absolute atomic E-state index is 0.238. The van der Waals surface area contributed by atoms with E-state index in [2.05, 4.69) is 30.7 Å². The van der Waals surface area contributed by atoms with Gasteiger partial charge in [-0.05, 0) is 56.6 Å². The Hall–Kier alpha value is -3.88. The summed E-state index contributed by atoms with van der Waals surface area (Å²) in [6, 6.07) is 6.22. The van der Waals surface area contributed by atoms with Crippen LogP contribution in [-0.4, -0.2) is 78.6 Å². The van der Waals surface area contributed by atoms with E-state index >= 15 is 0 Å². The minimum Gasteiger partial charge on any atom is -0.396 e. The molecular weight excluding hydrogens is 558 g/mol. The number of aliphatic hydroxyl groups excluding tert-OH is 1. The van der Waals surface area contributed by atoms with Crippen molar-refractivity contribution < 1.29 is 18.3 Å². The number of nitrogens with zero attached hydrogens (tertiary/aromatic N) is 7. The van der Waals surface area contributed by atoms with Gasteiger partial charge < -0.3 is 20.5 Å². The maximum Gasteiger partial charge on any atom is 0.256 e. The molecule has 0 atom stereocenters. The van der Waals surface area contributed by atoms with Crippen molar-refractivity contribution in [3.05, 3.63) is 49.2 Å². The fourth-order valence-electron chi connectivity index (χ4n) is 5.39. The van der Waals surface area contributed by atoms with E-state index in [4.69, 9.17) is 9.84 Å². The standard InChI is InChI=1S/C28H33N9O4S/c38-15-18-1-3-20(4-2-18)32-25-11-27(30-13-23(25)24-8-10-36(35-24)21-16-41-17-21)33-26-7-9-29-28(34-26)19-12-31-37(14-19)42(39,40)22-5-6-22/h7-14,18,20-22,38H,1-6,15-17H2,(H2,29,30,32,33,34). The summed E-state index contributed by atoms with van der Waals surface area (Å²) in [7, 11) is -3.47. The van der Waals surface area contributed by atoms with Gasteiger partial charge in [0.15, 0.2) is 5.82 Å². The van der Waals surface area contributed by atoms with E-state index in [0.717, 1.165) is 46.7 Å². The van der Waals surface area contributed by atoms with E-state index in [1.54, 1.807) is 12.3 Å². The van der Waals surface area contributed by atoms with Crippen molar-refractivity contribution in [3.63, 3.8) is 0 Å². The average Bonchev–Trinajstić information content (AvgIpc) is 3.53. The molecule has 5 heterocycles. The van der Waals surface area contributed by atoms with Crippen LogP contribution in [0.5, 0.6) is 0 Å². The van der Waals surface area contributed by atoms with Crippen molar-refractivity contribution in [3.8, 4) is 22.6 Å². The Morgan fingerprint density at radius 1 is 1.02 bits per heavy atom. The smallest absolute Gasteiger partial charge is 0.256 e. The molecule has 4 aromatic rings. The fourth-order valence-corrected chi connectivity index (χ4v) is 6.87. The van der Waals surface area contributed by atoms with Crippen molar-refractivity contribution in [2.75, 3.05) is 30.5 Å². The van der Waals surface area contributed by atoms with E-state index in [9.17, 15) is 13.5 Å². The van der Waals surface area contributed by atoms with Crippen molar-refractivity contribution in [1.82, 2.24) is 33.9 Å². The van der Waals surface area contributed by atoms with Gasteiger partial charge in [0.2, 0.25) is 0 Å². The highest BCUT2D eigenvalue weighted by Crippen LogP contribution is 2.34. The highest BCUT2D eigenvalue weighted by atomic mass is 32.2. The maximum absolute atomic E-state index is 12.5. The average molecular weight is 592 g/mol. The molecule has 0 aromatic carbocycles. The Kier molecular flexibility index (Phi) is 7.12. The van der Waals surface area contributed by atoms with Gasteiger partial charge in [-0.1, -0.05) is 0 Å². The molecule has 2 saturated carbocycles. The Morgan fingerprint density at radius 3 is 2.60 bits per heavy atom. The summed E-state index contributed by atoms with van der Waals surface area (Å²) in [5.74, 6) is 1.83. The zero-order valence-corrected chi connectivity index (χ0v) is 23.8. The molecule has 0 spiro atoms. The number of pyridine rings is 1. The molecule has 14 heteroatoms. The number of hydrogen-bond donors (Lipinski definition) is 3. The van der Waals surface area contributed by atoms with E-state index in [0.29, 0.717) is 55.0 Å². The van der Waals surface area contributed by atoms with Crippen molar-refractivity contribution >= 4 is 27.3 Å². The third-order valence-corrected chi connectivity index (χ3v) is 10.2. The zero-order valence-electron chi connectivity index (χ0n) is 23.0. The summed E-state index contributed by atoms with van der Waals surface area (Å²) in [6.45, 7) is 1.57. The van der Waals surface area contributed by atoms with E-state index in [-0.39, 0.29) is 23.9 Å². The number of aliphatic hydroxyl groups is 1. The molecule has 220 valence electrons. The molecule has 1 saturated heterocycles. The number of nitrogens with one attached hydrogen (secondary N) is 2. The Morgan fingerprint density at radius 2 is 1.86 bits per heavy atom. The third-order valence-electron chi connectivity index (χ3n) is 8.18. The summed E-state index contributed by atoms with van der Waals surface area (Å²) in [5.41, 5.74) is 3.15. The van der Waals surface area contributed by atoms with Gasteiger partial charge >= 0.3 is 0 Å². The van der Waals surface area contributed by atoms with Crippen molar-refractivity contribution in [2.45, 2.75) is 55.9 Å². The first-order valence-corrected chi connectivity index (χ1v) is 15.9. The predicted octanol–water partition coefficient (Wildman–Crippen LogP) is 3.22. The molecule has 3 fully saturated rings. The number of aromatic nitrogens is 7. The first kappa shape index (κ1) is 27.0. The Balaban J connectivity index is 1.14. The first-order valence-electron chi connectivity index (χ1n) is 14.4. The van der Waals surface area contributed by atoms with Crippen LogP contribution in [0.2, 0.25) is 0 Å². The van der Waals surface area contributed by atoms with Crippen LogP contribution >= 0.6 is 0 Å². The molecule has 13 nitrogen and oxygen atoms in total. The molecule has 4 aromatic heterocycles. The van der Waals surface area contributed by atoms with Gasteiger partial charge in [-0.3, -0.25) is 4.68 Å². The van der Waals surface area contributed by atoms with Crippen LogP contribution in [0, 0.1) is 5.92 Å². The Bertz CT molecular complexity index is 1670. The van der Waals surface area contributed by atoms with Gasteiger partial charge in [0.05, 0.1) is 48.2 Å². The molecule has 0 bridgehead atoms. The second kappa shape index (κ2) is 11.1. The molecule has 0 radical (unpaired) electrons. The van der Waals surface area contributed by atoms with Gasteiger partial charge in [0.1, 0.15) is 11.6 Å². The third kappa shape index (κ3) is 5.49. The van der Waals surface area contributed by atoms with Crippen LogP contribution in [0.25, 0.3) is 22.6 Å². The largest absolute Gasteiger partial charge is 0.396 e. The molecule has 42 heavy (non-hydrogen) atoms. The number of hydrogen-bond acceptors (Lipinski definition) is 11. The number of ether oxygens (including phenoxy) is 1. The highest BCUT2D eigenvalue weighted by molar-refractivity contribution is 7.90. The second-order valence-electron chi connectivity index (χ2n) is 11.3. The van der Waals surface area contributed by atoms with Crippen molar-refractivity contribution in [1.29, 1.82) is 0 Å². The number of rotatable bonds is 10. The number of anilines is 3. The van der Waals surface area contributed by atoms with E-state index < -0.39 is 10.0 Å². The Labute approximate surface area is 243 Å². The lowest BCUT2D eigenvalue weighted by Gasteiger charge is -2.29. The lowest BCUT2D eigenvalue weighted by molar-refractivity contribution is -0.0285. The molecule has 7 rings (SSSR count). The summed E-state index contributed by atoms with van der Waals surface area (Å²) in [5, 5.41) is 25.1. The molecule has 0 amide bonds. The van der Waals surface area contributed by atoms with Gasteiger partial charge in [-0.15, -0.1) is 0 Å². The summed E-state index contributed by atoms with van der Waals surface area (Å²) in [6.07, 6.45) is 13.6. The monoisotopic (exact) mass is 591 g/mol. The van der Waals surface area contributed by atoms with E-state index in [1.165, 1.54) is 12.4 Å². The van der Waals surface area contributed by atoms with Crippen molar-refractivity contribution in [2.24, 2.45) is 5.92 Å². The van der Waals surface area contributed by atoms with Gasteiger partial charge in [0, 0.05) is 48.6 Å². The van der Waals surface area contributed by atoms with Gasteiger partial charge in [-0.2, -0.15) is 14.3 Å². The normalized spacial score (nSPS) is 21.2. The molecular formula is C28H33N9O4S. The van der Waals surface area contributed by atoms with Crippen LogP contribution < -0.4 is 10.6 Å². The van der Waals surface area contributed by atoms with Crippen LogP contribution in [0.15, 0.2) is 49.2 Å². The molecule has 0 unspecified atom stereocenters. The summed E-state index contributed by atoms with van der Waals surface area (Å²) in [4.78, 5) is 13.6. The lowest BCUT2D eigenvalue weighted by atomic mass is 9.86. The first-order chi connectivity index (χ1) is 20.5. The fraction of sp³-hybridized carbons (Fsp3) is 0.464. The van der Waals surface area contributed by atoms with Crippen LogP contribution in [-0.2, 0) is 14.8 Å². The van der Waals surface area contributed by atoms with Crippen LogP contribution in [0.1, 0.15) is 44.6 Å². The molecule has 3 aliphatic rings. The summed E-state index contributed by atoms with van der Waals surface area (Å²) >= 11 is 0. The molecule has 3 N–H and O–H groups in total. The topological polar surface area (TPSA) is 162 Å². The highest BCUT2D eigenvalue weighted by Gasteiger charge is 2.37. The summed E-state index contributed by atoms with van der Waals surface area (Å²) < 4.78 is 33.4.